The van der Waals surface area contributed by atoms with E-state index in [9.17, 15) is 4.79 Å². The lowest BCUT2D eigenvalue weighted by atomic mass is 9.96. The number of rotatable bonds is 4. The Balaban J connectivity index is 1.58. The molecule has 0 spiro atoms. The van der Waals surface area contributed by atoms with Gasteiger partial charge in [-0.05, 0) is 42.6 Å². The van der Waals surface area contributed by atoms with Crippen molar-refractivity contribution in [2.24, 2.45) is 0 Å². The summed E-state index contributed by atoms with van der Waals surface area (Å²) in [6, 6.07) is 7.49. The predicted molar refractivity (Wildman–Crippen MR) is 99.6 cm³/mol. The van der Waals surface area contributed by atoms with Crippen molar-refractivity contribution in [3.8, 4) is 11.4 Å². The van der Waals surface area contributed by atoms with Gasteiger partial charge in [0.2, 0.25) is 0 Å². The van der Waals surface area contributed by atoms with E-state index in [4.69, 9.17) is 0 Å². The average molecular weight is 347 g/mol. The maximum atomic E-state index is 12.8. The van der Waals surface area contributed by atoms with Crippen LogP contribution in [-0.4, -0.2) is 27.4 Å². The first-order chi connectivity index (χ1) is 12.7. The standard InChI is InChI=1S/C20H21N5O/c1-13-18(15-6-7-21-10-14(15)11-24-13)12-25-20(26)17-5-3-2-4-16(17)19-22-8-9-23-19/h2-5,8-9,11,21H,6-7,10,12H2,1H3,(H,22,23)(H,25,26). The molecule has 0 atom stereocenters. The number of amides is 1. The number of pyridine rings is 1. The molecule has 0 unspecified atom stereocenters. The summed E-state index contributed by atoms with van der Waals surface area (Å²) in [7, 11) is 0. The number of aromatic amines is 1. The topological polar surface area (TPSA) is 82.7 Å². The van der Waals surface area contributed by atoms with E-state index in [0.29, 0.717) is 17.9 Å². The highest BCUT2D eigenvalue weighted by Gasteiger charge is 2.18. The molecule has 1 aliphatic heterocycles. The Kier molecular flexibility index (Phi) is 4.50. The van der Waals surface area contributed by atoms with Gasteiger partial charge in [0.15, 0.2) is 0 Å². The highest BCUT2D eigenvalue weighted by Crippen LogP contribution is 2.22. The van der Waals surface area contributed by atoms with Crippen molar-refractivity contribution in [1.82, 2.24) is 25.6 Å². The molecular weight excluding hydrogens is 326 g/mol. The van der Waals surface area contributed by atoms with E-state index in [0.717, 1.165) is 36.3 Å². The fourth-order valence-electron chi connectivity index (χ4n) is 3.44. The lowest BCUT2D eigenvalue weighted by Gasteiger charge is -2.21. The minimum Gasteiger partial charge on any atom is -0.348 e. The number of imidazole rings is 1. The van der Waals surface area contributed by atoms with Gasteiger partial charge in [0.25, 0.3) is 5.91 Å². The van der Waals surface area contributed by atoms with Crippen LogP contribution in [0, 0.1) is 6.92 Å². The third-order valence-electron chi connectivity index (χ3n) is 4.82. The van der Waals surface area contributed by atoms with Crippen LogP contribution in [0.4, 0.5) is 0 Å². The number of carbonyl (C=O) groups excluding carboxylic acids is 1. The lowest BCUT2D eigenvalue weighted by molar-refractivity contribution is 0.0951. The van der Waals surface area contributed by atoms with Crippen LogP contribution in [0.3, 0.4) is 0 Å². The zero-order chi connectivity index (χ0) is 17.9. The van der Waals surface area contributed by atoms with Crippen molar-refractivity contribution in [1.29, 1.82) is 0 Å². The first-order valence-electron chi connectivity index (χ1n) is 8.78. The molecule has 0 saturated carbocycles. The molecule has 1 amide bonds. The van der Waals surface area contributed by atoms with Gasteiger partial charge in [-0.25, -0.2) is 4.98 Å². The molecule has 0 radical (unpaired) electrons. The SMILES string of the molecule is Cc1ncc2c(c1CNC(=O)c1ccccc1-c1ncc[nH]1)CCNC2. The first-order valence-corrected chi connectivity index (χ1v) is 8.78. The molecule has 0 fully saturated rings. The van der Waals surface area contributed by atoms with Crippen LogP contribution < -0.4 is 10.6 Å². The summed E-state index contributed by atoms with van der Waals surface area (Å²) in [5.41, 5.74) is 6.06. The molecule has 3 N–H and O–H groups in total. The molecule has 0 saturated heterocycles. The minimum atomic E-state index is -0.108. The molecule has 2 aromatic heterocycles. The first kappa shape index (κ1) is 16.5. The number of nitrogens with zero attached hydrogens (tertiary/aromatic N) is 2. The fraction of sp³-hybridized carbons (Fsp3) is 0.250. The van der Waals surface area contributed by atoms with Crippen LogP contribution in [0.15, 0.2) is 42.9 Å². The molecular formula is C20H21N5O. The van der Waals surface area contributed by atoms with E-state index >= 15 is 0 Å². The van der Waals surface area contributed by atoms with Gasteiger partial charge < -0.3 is 15.6 Å². The van der Waals surface area contributed by atoms with Crippen molar-refractivity contribution in [2.45, 2.75) is 26.4 Å². The van der Waals surface area contributed by atoms with E-state index < -0.39 is 0 Å². The van der Waals surface area contributed by atoms with E-state index in [1.165, 1.54) is 11.1 Å². The Bertz CT molecular complexity index is 933. The van der Waals surface area contributed by atoms with Crippen LogP contribution in [0.2, 0.25) is 0 Å². The van der Waals surface area contributed by atoms with Crippen LogP contribution in [0.25, 0.3) is 11.4 Å². The summed E-state index contributed by atoms with van der Waals surface area (Å²) >= 11 is 0. The normalized spacial score (nSPS) is 13.3. The fourth-order valence-corrected chi connectivity index (χ4v) is 3.44. The summed E-state index contributed by atoms with van der Waals surface area (Å²) in [6.45, 7) is 4.28. The number of hydrogen-bond acceptors (Lipinski definition) is 4. The van der Waals surface area contributed by atoms with Crippen molar-refractivity contribution < 1.29 is 4.79 Å². The van der Waals surface area contributed by atoms with E-state index in [1.807, 2.05) is 37.4 Å². The van der Waals surface area contributed by atoms with Gasteiger partial charge in [-0.15, -0.1) is 0 Å². The van der Waals surface area contributed by atoms with Gasteiger partial charge in [0, 0.05) is 42.9 Å². The molecule has 3 heterocycles. The number of aromatic nitrogens is 3. The summed E-state index contributed by atoms with van der Waals surface area (Å²) < 4.78 is 0. The molecule has 6 nitrogen and oxygen atoms in total. The molecule has 0 aliphatic carbocycles. The van der Waals surface area contributed by atoms with Crippen molar-refractivity contribution in [3.63, 3.8) is 0 Å². The van der Waals surface area contributed by atoms with E-state index in [1.54, 1.807) is 12.4 Å². The highest BCUT2D eigenvalue weighted by molar-refractivity contribution is 6.00. The monoisotopic (exact) mass is 347 g/mol. The Labute approximate surface area is 152 Å². The molecule has 1 aromatic carbocycles. The lowest BCUT2D eigenvalue weighted by Crippen LogP contribution is -2.29. The van der Waals surface area contributed by atoms with Crippen LogP contribution in [-0.2, 0) is 19.5 Å². The molecule has 3 aromatic rings. The second kappa shape index (κ2) is 7.09. The molecule has 6 heteroatoms. The summed E-state index contributed by atoms with van der Waals surface area (Å²) in [5.74, 6) is 0.583. The van der Waals surface area contributed by atoms with Gasteiger partial charge in [-0.1, -0.05) is 18.2 Å². The van der Waals surface area contributed by atoms with Gasteiger partial charge in [-0.2, -0.15) is 0 Å². The maximum Gasteiger partial charge on any atom is 0.252 e. The third kappa shape index (κ3) is 3.11. The molecule has 132 valence electrons. The van der Waals surface area contributed by atoms with Crippen molar-refractivity contribution in [2.75, 3.05) is 6.54 Å². The molecule has 1 aliphatic rings. The zero-order valence-electron chi connectivity index (χ0n) is 14.7. The number of carbonyl (C=O) groups is 1. The van der Waals surface area contributed by atoms with Crippen LogP contribution in [0.5, 0.6) is 0 Å². The Hall–Kier alpha value is -2.99. The predicted octanol–water partition coefficient (Wildman–Crippen LogP) is 2.36. The second-order valence-electron chi connectivity index (χ2n) is 6.42. The Morgan fingerprint density at radius 3 is 3.00 bits per heavy atom. The maximum absolute atomic E-state index is 12.8. The van der Waals surface area contributed by atoms with Gasteiger partial charge in [-0.3, -0.25) is 9.78 Å². The molecule has 0 bridgehead atoms. The smallest absolute Gasteiger partial charge is 0.252 e. The number of aryl methyl sites for hydroxylation is 1. The van der Waals surface area contributed by atoms with Gasteiger partial charge in [0.05, 0.1) is 5.56 Å². The van der Waals surface area contributed by atoms with Crippen molar-refractivity contribution in [3.05, 3.63) is 70.8 Å². The van der Waals surface area contributed by atoms with Crippen LogP contribution >= 0.6 is 0 Å². The average Bonchev–Trinajstić information content (AvgIpc) is 3.21. The number of hydrogen-bond donors (Lipinski definition) is 3. The number of nitrogens with one attached hydrogen (secondary N) is 3. The summed E-state index contributed by atoms with van der Waals surface area (Å²) in [4.78, 5) is 24.7. The van der Waals surface area contributed by atoms with E-state index in [2.05, 4.69) is 25.6 Å². The van der Waals surface area contributed by atoms with Gasteiger partial charge in [0.1, 0.15) is 5.82 Å². The number of benzene rings is 1. The number of fused-ring (bicyclic) bond motifs is 1. The quantitative estimate of drug-likeness (QED) is 0.677. The Morgan fingerprint density at radius 1 is 1.27 bits per heavy atom. The zero-order valence-corrected chi connectivity index (χ0v) is 14.7. The van der Waals surface area contributed by atoms with Gasteiger partial charge >= 0.3 is 0 Å². The van der Waals surface area contributed by atoms with E-state index in [-0.39, 0.29) is 5.91 Å². The molecule has 4 rings (SSSR count). The minimum absolute atomic E-state index is 0.108. The number of H-pyrrole nitrogens is 1. The Morgan fingerprint density at radius 2 is 2.15 bits per heavy atom. The third-order valence-corrected chi connectivity index (χ3v) is 4.82. The van der Waals surface area contributed by atoms with Crippen LogP contribution in [0.1, 0.15) is 32.7 Å². The summed E-state index contributed by atoms with van der Waals surface area (Å²) in [5, 5.41) is 6.43. The van der Waals surface area contributed by atoms with Crippen molar-refractivity contribution >= 4 is 5.91 Å². The molecule has 26 heavy (non-hydrogen) atoms. The summed E-state index contributed by atoms with van der Waals surface area (Å²) in [6.07, 6.45) is 6.34. The largest absolute Gasteiger partial charge is 0.348 e. The second-order valence-corrected chi connectivity index (χ2v) is 6.42. The highest BCUT2D eigenvalue weighted by atomic mass is 16.1.